The van der Waals surface area contributed by atoms with Crippen molar-refractivity contribution in [1.29, 1.82) is 0 Å². The van der Waals surface area contributed by atoms with E-state index >= 15 is 0 Å². The molecule has 0 N–H and O–H groups in total. The molecule has 2 aliphatic heterocycles. The van der Waals surface area contributed by atoms with Gasteiger partial charge in [-0.1, -0.05) is 6.07 Å². The zero-order valence-corrected chi connectivity index (χ0v) is 16.1. The smallest absolute Gasteiger partial charge is 0.272 e. The fraction of sp³-hybridized carbons (Fsp3) is 0.450. The quantitative estimate of drug-likeness (QED) is 0.667. The molecule has 0 unspecified atom stereocenters. The van der Waals surface area contributed by atoms with Gasteiger partial charge in [-0.15, -0.1) is 0 Å². The largest absolute Gasteiger partial charge is 0.378 e. The number of pyridine rings is 1. The number of ether oxygens (including phenoxy) is 1. The summed E-state index contributed by atoms with van der Waals surface area (Å²) in [5, 5.41) is 5.62. The highest BCUT2D eigenvalue weighted by atomic mass is 16.5. The van der Waals surface area contributed by atoms with E-state index in [0.29, 0.717) is 32.0 Å². The first-order valence-corrected chi connectivity index (χ1v) is 10.0. The molecule has 3 aromatic rings. The summed E-state index contributed by atoms with van der Waals surface area (Å²) in [5.41, 5.74) is 1.36. The van der Waals surface area contributed by atoms with Crippen LogP contribution in [0.1, 0.15) is 29.4 Å². The van der Waals surface area contributed by atoms with Gasteiger partial charge in [-0.25, -0.2) is 14.6 Å². The average molecular weight is 393 g/mol. The van der Waals surface area contributed by atoms with E-state index in [4.69, 9.17) is 4.74 Å². The van der Waals surface area contributed by atoms with E-state index in [0.717, 1.165) is 42.8 Å². The number of hydrogen-bond donors (Lipinski definition) is 0. The van der Waals surface area contributed by atoms with Gasteiger partial charge < -0.3 is 14.5 Å². The molecule has 150 valence electrons. The number of carbonyl (C=O) groups is 1. The van der Waals surface area contributed by atoms with Crippen molar-refractivity contribution >= 4 is 22.8 Å². The first-order valence-electron chi connectivity index (χ1n) is 10.0. The summed E-state index contributed by atoms with van der Waals surface area (Å²) < 4.78 is 7.46. The van der Waals surface area contributed by atoms with E-state index in [-0.39, 0.29) is 11.9 Å². The first kappa shape index (κ1) is 18.0. The molecule has 2 fully saturated rings. The lowest BCUT2D eigenvalue weighted by Crippen LogP contribution is -2.39. The number of hydrogen-bond acceptors (Lipinski definition) is 7. The number of piperidine rings is 1. The third-order valence-electron chi connectivity index (χ3n) is 5.66. The van der Waals surface area contributed by atoms with Crippen molar-refractivity contribution < 1.29 is 9.53 Å². The molecule has 0 bridgehead atoms. The van der Waals surface area contributed by atoms with E-state index in [9.17, 15) is 4.79 Å². The molecule has 29 heavy (non-hydrogen) atoms. The third kappa shape index (κ3) is 3.42. The van der Waals surface area contributed by atoms with E-state index in [1.54, 1.807) is 18.6 Å². The summed E-state index contributed by atoms with van der Waals surface area (Å²) in [6, 6.07) is 5.64. The minimum absolute atomic E-state index is 0.00805. The number of amides is 1. The van der Waals surface area contributed by atoms with Crippen molar-refractivity contribution in [3.63, 3.8) is 0 Å². The molecule has 2 saturated heterocycles. The number of anilines is 1. The molecular formula is C20H23N7O2. The van der Waals surface area contributed by atoms with Gasteiger partial charge in [0.1, 0.15) is 17.8 Å². The van der Waals surface area contributed by atoms with Crippen LogP contribution in [0.3, 0.4) is 0 Å². The molecule has 9 heteroatoms. The minimum Gasteiger partial charge on any atom is -0.378 e. The van der Waals surface area contributed by atoms with Gasteiger partial charge in [0.2, 0.25) is 0 Å². The Morgan fingerprint density at radius 3 is 2.62 bits per heavy atom. The second kappa shape index (κ2) is 7.75. The molecule has 0 saturated carbocycles. The standard InChI is InChI=1S/C20H23N7O2/c28-20(17-3-1-2-6-21-17)26-7-4-15(5-8-26)27-19-16(13-24-27)18(22-14-23-19)25-9-11-29-12-10-25/h1-3,6,13-15H,4-5,7-12H2. The highest BCUT2D eigenvalue weighted by Gasteiger charge is 2.27. The molecule has 0 spiro atoms. The maximum Gasteiger partial charge on any atom is 0.272 e. The maximum atomic E-state index is 12.6. The highest BCUT2D eigenvalue weighted by Crippen LogP contribution is 2.29. The number of morpholine rings is 1. The molecule has 0 radical (unpaired) electrons. The van der Waals surface area contributed by atoms with Crippen LogP contribution in [0.5, 0.6) is 0 Å². The molecule has 2 aliphatic rings. The van der Waals surface area contributed by atoms with Crippen molar-refractivity contribution in [2.24, 2.45) is 0 Å². The van der Waals surface area contributed by atoms with E-state index in [2.05, 4.69) is 25.0 Å². The zero-order chi connectivity index (χ0) is 19.6. The van der Waals surface area contributed by atoms with Gasteiger partial charge in [-0.3, -0.25) is 9.78 Å². The molecule has 1 amide bonds. The number of nitrogens with zero attached hydrogens (tertiary/aromatic N) is 7. The fourth-order valence-electron chi connectivity index (χ4n) is 4.11. The molecule has 0 aliphatic carbocycles. The summed E-state index contributed by atoms with van der Waals surface area (Å²) in [6.07, 6.45) is 6.82. The van der Waals surface area contributed by atoms with Crippen LogP contribution in [-0.2, 0) is 4.74 Å². The van der Waals surface area contributed by atoms with Crippen LogP contribution in [0, 0.1) is 0 Å². The van der Waals surface area contributed by atoms with Crippen molar-refractivity contribution in [3.05, 3.63) is 42.6 Å². The normalized spacial score (nSPS) is 18.3. The van der Waals surface area contributed by atoms with Gasteiger partial charge in [-0.2, -0.15) is 5.10 Å². The van der Waals surface area contributed by atoms with Crippen LogP contribution in [0.25, 0.3) is 11.0 Å². The Morgan fingerprint density at radius 2 is 1.86 bits per heavy atom. The maximum absolute atomic E-state index is 12.6. The van der Waals surface area contributed by atoms with Crippen LogP contribution in [0.4, 0.5) is 5.82 Å². The van der Waals surface area contributed by atoms with Gasteiger partial charge in [0.15, 0.2) is 5.65 Å². The summed E-state index contributed by atoms with van der Waals surface area (Å²) in [6.45, 7) is 4.44. The van der Waals surface area contributed by atoms with Crippen LogP contribution in [-0.4, -0.2) is 74.9 Å². The Morgan fingerprint density at radius 1 is 1.03 bits per heavy atom. The molecular weight excluding hydrogens is 370 g/mol. The second-order valence-corrected chi connectivity index (χ2v) is 7.36. The Hall–Kier alpha value is -3.07. The summed E-state index contributed by atoms with van der Waals surface area (Å²) in [7, 11) is 0. The molecule has 3 aromatic heterocycles. The predicted molar refractivity (Wildman–Crippen MR) is 107 cm³/mol. The van der Waals surface area contributed by atoms with Crippen LogP contribution >= 0.6 is 0 Å². The lowest BCUT2D eigenvalue weighted by Gasteiger charge is -2.32. The monoisotopic (exact) mass is 393 g/mol. The van der Waals surface area contributed by atoms with E-state index < -0.39 is 0 Å². The zero-order valence-electron chi connectivity index (χ0n) is 16.1. The molecule has 5 rings (SSSR count). The fourth-order valence-corrected chi connectivity index (χ4v) is 4.11. The van der Waals surface area contributed by atoms with Gasteiger partial charge in [0.25, 0.3) is 5.91 Å². The van der Waals surface area contributed by atoms with Crippen molar-refractivity contribution in [2.75, 3.05) is 44.3 Å². The van der Waals surface area contributed by atoms with Crippen LogP contribution < -0.4 is 4.90 Å². The lowest BCUT2D eigenvalue weighted by atomic mass is 10.0. The molecule has 0 atom stereocenters. The Kier molecular flexibility index (Phi) is 4.81. The molecule has 9 nitrogen and oxygen atoms in total. The molecule has 5 heterocycles. The Labute approximate surface area is 168 Å². The van der Waals surface area contributed by atoms with Crippen molar-refractivity contribution in [2.45, 2.75) is 18.9 Å². The van der Waals surface area contributed by atoms with Gasteiger partial charge in [0.05, 0.1) is 30.8 Å². The predicted octanol–water partition coefficient (Wildman–Crippen LogP) is 1.54. The number of fused-ring (bicyclic) bond motifs is 1. The second-order valence-electron chi connectivity index (χ2n) is 7.36. The number of carbonyl (C=O) groups excluding carboxylic acids is 1. The van der Waals surface area contributed by atoms with Gasteiger partial charge in [-0.05, 0) is 25.0 Å². The van der Waals surface area contributed by atoms with E-state index in [1.165, 1.54) is 0 Å². The SMILES string of the molecule is O=C(c1ccccn1)N1CCC(n2ncc3c(N4CCOCC4)ncnc32)CC1. The first-order chi connectivity index (χ1) is 14.3. The number of rotatable bonds is 3. The van der Waals surface area contributed by atoms with Crippen molar-refractivity contribution in [1.82, 2.24) is 29.6 Å². The number of likely N-dealkylation sites (tertiary alicyclic amines) is 1. The van der Waals surface area contributed by atoms with E-state index in [1.807, 2.05) is 27.9 Å². The summed E-state index contributed by atoms with van der Waals surface area (Å²) in [4.78, 5) is 29.9. The third-order valence-corrected chi connectivity index (χ3v) is 5.66. The topological polar surface area (TPSA) is 89.3 Å². The average Bonchev–Trinajstić information content (AvgIpc) is 3.24. The Balaban J connectivity index is 1.33. The van der Waals surface area contributed by atoms with Crippen LogP contribution in [0.15, 0.2) is 36.9 Å². The van der Waals surface area contributed by atoms with Gasteiger partial charge in [0, 0.05) is 32.4 Å². The Bertz CT molecular complexity index is 992. The number of aromatic nitrogens is 5. The molecule has 0 aromatic carbocycles. The lowest BCUT2D eigenvalue weighted by molar-refractivity contribution is 0.0685. The van der Waals surface area contributed by atoms with Crippen molar-refractivity contribution in [3.8, 4) is 0 Å². The minimum atomic E-state index is -0.00805. The highest BCUT2D eigenvalue weighted by molar-refractivity contribution is 5.92. The van der Waals surface area contributed by atoms with Gasteiger partial charge >= 0.3 is 0 Å². The summed E-state index contributed by atoms with van der Waals surface area (Å²) >= 11 is 0. The summed E-state index contributed by atoms with van der Waals surface area (Å²) in [5.74, 6) is 0.915. The van der Waals surface area contributed by atoms with Crippen LogP contribution in [0.2, 0.25) is 0 Å².